The van der Waals surface area contributed by atoms with Crippen molar-refractivity contribution in [3.63, 3.8) is 0 Å². The second-order valence-electron chi connectivity index (χ2n) is 6.00. The van der Waals surface area contributed by atoms with E-state index in [1.54, 1.807) is 11.8 Å². The topological polar surface area (TPSA) is 84.4 Å². The average molecular weight is 407 g/mol. The van der Waals surface area contributed by atoms with E-state index in [4.69, 9.17) is 4.74 Å². The number of aromatic nitrogens is 2. The molecule has 1 aromatic carbocycles. The number of carbonyl (C=O) groups excluding carboxylic acids is 2. The van der Waals surface area contributed by atoms with Crippen molar-refractivity contribution in [3.05, 3.63) is 30.3 Å². The van der Waals surface area contributed by atoms with Crippen LogP contribution in [-0.4, -0.2) is 51.9 Å². The van der Waals surface area contributed by atoms with Gasteiger partial charge in [0.2, 0.25) is 11.0 Å². The van der Waals surface area contributed by atoms with Gasteiger partial charge in [0.25, 0.3) is 0 Å². The summed E-state index contributed by atoms with van der Waals surface area (Å²) in [4.78, 5) is 26.4. The van der Waals surface area contributed by atoms with Crippen molar-refractivity contribution >= 4 is 45.8 Å². The fourth-order valence-electron chi connectivity index (χ4n) is 2.88. The molecule has 1 fully saturated rings. The summed E-state index contributed by atoms with van der Waals surface area (Å²) in [5.41, 5.74) is 0.937. The number of hydrogen-bond acceptors (Lipinski definition) is 8. The molecule has 0 spiro atoms. The molecule has 7 nitrogen and oxygen atoms in total. The van der Waals surface area contributed by atoms with E-state index in [2.05, 4.69) is 15.5 Å². The highest BCUT2D eigenvalue weighted by molar-refractivity contribution is 8.01. The van der Waals surface area contributed by atoms with Crippen LogP contribution in [0.5, 0.6) is 0 Å². The lowest BCUT2D eigenvalue weighted by atomic mass is 10.0. The van der Waals surface area contributed by atoms with Gasteiger partial charge in [0.15, 0.2) is 4.34 Å². The van der Waals surface area contributed by atoms with E-state index >= 15 is 0 Å². The van der Waals surface area contributed by atoms with Gasteiger partial charge in [-0.1, -0.05) is 41.3 Å². The molecular weight excluding hydrogens is 384 g/mol. The highest BCUT2D eigenvalue weighted by Gasteiger charge is 2.33. The van der Waals surface area contributed by atoms with Crippen molar-refractivity contribution in [2.24, 2.45) is 0 Å². The predicted molar refractivity (Wildman–Crippen MR) is 106 cm³/mol. The van der Waals surface area contributed by atoms with Crippen LogP contribution in [0.4, 0.5) is 10.8 Å². The SMILES string of the molecule is CCOC(=O)[C@@H]1CCCCN1C(=O)CSc1nnc(Nc2ccccc2)s1. The summed E-state index contributed by atoms with van der Waals surface area (Å²) in [7, 11) is 0. The maximum Gasteiger partial charge on any atom is 0.328 e. The standard InChI is InChI=1S/C18H22N4O3S2/c1-2-25-16(24)14-10-6-7-11-22(14)15(23)12-26-18-21-20-17(27-18)19-13-8-4-3-5-9-13/h3-5,8-9,14H,2,6-7,10-12H2,1H3,(H,19,20)/t14-/m0/s1. The summed E-state index contributed by atoms with van der Waals surface area (Å²) in [6.07, 6.45) is 2.51. The van der Waals surface area contributed by atoms with Crippen LogP contribution < -0.4 is 5.32 Å². The number of amides is 1. The Balaban J connectivity index is 1.54. The number of likely N-dealkylation sites (tertiary alicyclic amines) is 1. The number of anilines is 2. The second kappa shape index (κ2) is 9.70. The number of thioether (sulfide) groups is 1. The first-order chi connectivity index (χ1) is 13.2. The zero-order valence-electron chi connectivity index (χ0n) is 15.1. The van der Waals surface area contributed by atoms with Crippen molar-refractivity contribution in [2.75, 3.05) is 24.2 Å². The number of carbonyl (C=O) groups is 2. The molecule has 1 amide bonds. The molecule has 0 aliphatic carbocycles. The van der Waals surface area contributed by atoms with E-state index in [-0.39, 0.29) is 17.6 Å². The first kappa shape index (κ1) is 19.6. The lowest BCUT2D eigenvalue weighted by Crippen LogP contribution is -2.49. The Morgan fingerprint density at radius 2 is 2.11 bits per heavy atom. The Bertz CT molecular complexity index is 769. The lowest BCUT2D eigenvalue weighted by Gasteiger charge is -2.33. The molecule has 2 heterocycles. The van der Waals surface area contributed by atoms with E-state index in [1.807, 2.05) is 30.3 Å². The minimum Gasteiger partial charge on any atom is -0.464 e. The summed E-state index contributed by atoms with van der Waals surface area (Å²) in [6, 6.07) is 9.26. The Morgan fingerprint density at radius 1 is 1.30 bits per heavy atom. The Hall–Kier alpha value is -2.13. The molecular formula is C18H22N4O3S2. The van der Waals surface area contributed by atoms with E-state index in [9.17, 15) is 9.59 Å². The molecule has 144 valence electrons. The normalized spacial score (nSPS) is 16.8. The van der Waals surface area contributed by atoms with Crippen LogP contribution in [0.3, 0.4) is 0 Å². The van der Waals surface area contributed by atoms with Gasteiger partial charge in [-0.25, -0.2) is 4.79 Å². The molecule has 3 rings (SSSR count). The molecule has 1 saturated heterocycles. The minimum absolute atomic E-state index is 0.0643. The van der Waals surface area contributed by atoms with Crippen LogP contribution in [-0.2, 0) is 14.3 Å². The molecule has 1 N–H and O–H groups in total. The number of hydrogen-bond donors (Lipinski definition) is 1. The maximum atomic E-state index is 12.6. The van der Waals surface area contributed by atoms with Gasteiger partial charge in [-0.15, -0.1) is 10.2 Å². The molecule has 1 aromatic heterocycles. The zero-order valence-corrected chi connectivity index (χ0v) is 16.7. The summed E-state index contributed by atoms with van der Waals surface area (Å²) in [5, 5.41) is 12.1. The molecule has 1 atom stereocenters. The molecule has 0 unspecified atom stereocenters. The number of rotatable bonds is 7. The smallest absolute Gasteiger partial charge is 0.328 e. The monoisotopic (exact) mass is 406 g/mol. The van der Waals surface area contributed by atoms with E-state index in [1.165, 1.54) is 23.1 Å². The molecule has 27 heavy (non-hydrogen) atoms. The van der Waals surface area contributed by atoms with Crippen molar-refractivity contribution in [1.29, 1.82) is 0 Å². The van der Waals surface area contributed by atoms with Crippen LogP contribution in [0.25, 0.3) is 0 Å². The van der Waals surface area contributed by atoms with E-state index in [0.29, 0.717) is 29.0 Å². The molecule has 0 saturated carbocycles. The van der Waals surface area contributed by atoms with Gasteiger partial charge in [-0.05, 0) is 38.3 Å². The van der Waals surface area contributed by atoms with Crippen LogP contribution in [0, 0.1) is 0 Å². The van der Waals surface area contributed by atoms with E-state index < -0.39 is 6.04 Å². The van der Waals surface area contributed by atoms with Gasteiger partial charge in [-0.3, -0.25) is 4.79 Å². The number of esters is 1. The summed E-state index contributed by atoms with van der Waals surface area (Å²) >= 11 is 2.74. The van der Waals surface area contributed by atoms with Crippen molar-refractivity contribution in [3.8, 4) is 0 Å². The van der Waals surface area contributed by atoms with Crippen LogP contribution >= 0.6 is 23.1 Å². The first-order valence-electron chi connectivity index (χ1n) is 8.92. The number of piperidine rings is 1. The van der Waals surface area contributed by atoms with E-state index in [0.717, 1.165) is 18.5 Å². The van der Waals surface area contributed by atoms with Gasteiger partial charge in [-0.2, -0.15) is 0 Å². The largest absolute Gasteiger partial charge is 0.464 e. The number of nitrogens with one attached hydrogen (secondary N) is 1. The third-order valence-corrected chi connectivity index (χ3v) is 6.09. The zero-order chi connectivity index (χ0) is 19.1. The van der Waals surface area contributed by atoms with Gasteiger partial charge < -0.3 is 15.0 Å². The predicted octanol–water partition coefficient (Wildman–Crippen LogP) is 3.32. The van der Waals surface area contributed by atoms with Crippen LogP contribution in [0.2, 0.25) is 0 Å². The molecule has 1 aliphatic rings. The summed E-state index contributed by atoms with van der Waals surface area (Å²) < 4.78 is 5.83. The quantitative estimate of drug-likeness (QED) is 0.558. The van der Waals surface area contributed by atoms with Gasteiger partial charge in [0.05, 0.1) is 12.4 Å². The lowest BCUT2D eigenvalue weighted by molar-refractivity contribution is -0.155. The Morgan fingerprint density at radius 3 is 2.89 bits per heavy atom. The number of para-hydroxylation sites is 1. The maximum absolute atomic E-state index is 12.6. The highest BCUT2D eigenvalue weighted by atomic mass is 32.2. The van der Waals surface area contributed by atoms with Crippen LogP contribution in [0.15, 0.2) is 34.7 Å². The Kier molecular flexibility index (Phi) is 7.05. The molecule has 9 heteroatoms. The highest BCUT2D eigenvalue weighted by Crippen LogP contribution is 2.28. The third-order valence-electron chi connectivity index (χ3n) is 4.13. The van der Waals surface area contributed by atoms with Gasteiger partial charge >= 0.3 is 5.97 Å². The molecule has 0 radical (unpaired) electrons. The average Bonchev–Trinajstić information content (AvgIpc) is 3.14. The number of nitrogens with zero attached hydrogens (tertiary/aromatic N) is 3. The molecule has 1 aliphatic heterocycles. The Labute approximate surface area is 166 Å². The fraction of sp³-hybridized carbons (Fsp3) is 0.444. The molecule has 2 aromatic rings. The number of benzene rings is 1. The first-order valence-corrected chi connectivity index (χ1v) is 10.7. The summed E-state index contributed by atoms with van der Waals surface area (Å²) in [6.45, 7) is 2.70. The van der Waals surface area contributed by atoms with Crippen molar-refractivity contribution in [2.45, 2.75) is 36.6 Å². The second-order valence-corrected chi connectivity index (χ2v) is 8.20. The van der Waals surface area contributed by atoms with Crippen molar-refractivity contribution < 1.29 is 14.3 Å². The van der Waals surface area contributed by atoms with Gasteiger partial charge in [0.1, 0.15) is 6.04 Å². The molecule has 0 bridgehead atoms. The summed E-state index contributed by atoms with van der Waals surface area (Å²) in [5.74, 6) is -0.137. The third kappa shape index (κ3) is 5.43. The van der Waals surface area contributed by atoms with Crippen LogP contribution in [0.1, 0.15) is 26.2 Å². The number of ether oxygens (including phenoxy) is 1. The van der Waals surface area contributed by atoms with Crippen molar-refractivity contribution in [1.82, 2.24) is 15.1 Å². The fourth-order valence-corrected chi connectivity index (χ4v) is 4.54. The minimum atomic E-state index is -0.462. The van der Waals surface area contributed by atoms with Gasteiger partial charge in [0, 0.05) is 12.2 Å².